The first kappa shape index (κ1) is 22.3. The Hall–Kier alpha value is -0.760. The van der Waals surface area contributed by atoms with E-state index in [1.807, 2.05) is 0 Å². The highest BCUT2D eigenvalue weighted by Crippen LogP contribution is 2.47. The topological polar surface area (TPSA) is 227 Å². The maximum atomic E-state index is 11.8. The standard InChI is InChI=1S/C9H16O14P2/c10-1-4(22-24(15,16)17)3-20-25(18,19)23-8-6(13)7(5(12)2-11)21-9(8)14/h4-5,7-8,10-12H,1-3H2,(H,18,19)(H2,15,16,17)/t4?,5-,7+,8?/m0/s1. The van der Waals surface area contributed by atoms with Crippen molar-refractivity contribution in [2.45, 2.75) is 24.4 Å². The molecule has 1 aliphatic heterocycles. The molecule has 14 nitrogen and oxygen atoms in total. The van der Waals surface area contributed by atoms with Crippen LogP contribution in [-0.4, -0.2) is 86.0 Å². The number of rotatable bonds is 10. The Morgan fingerprint density at radius 1 is 1.12 bits per heavy atom. The lowest BCUT2D eigenvalue weighted by Gasteiger charge is -2.19. The van der Waals surface area contributed by atoms with E-state index in [-0.39, 0.29) is 0 Å². The van der Waals surface area contributed by atoms with E-state index in [4.69, 9.17) is 20.0 Å². The molecular weight excluding hydrogens is 394 g/mol. The van der Waals surface area contributed by atoms with Gasteiger partial charge in [-0.05, 0) is 0 Å². The summed E-state index contributed by atoms with van der Waals surface area (Å²) in [6.07, 6.45) is -7.50. The fraction of sp³-hybridized carbons (Fsp3) is 0.778. The van der Waals surface area contributed by atoms with Gasteiger partial charge in [0.1, 0.15) is 12.2 Å². The number of phosphoric ester groups is 2. The zero-order chi connectivity index (χ0) is 19.4. The summed E-state index contributed by atoms with van der Waals surface area (Å²) in [6, 6.07) is 0. The molecule has 0 aromatic heterocycles. The molecule has 1 aliphatic rings. The summed E-state index contributed by atoms with van der Waals surface area (Å²) in [5, 5.41) is 26.8. The SMILES string of the molecule is O=C1O[C@H]([C@@H](O)CO)C(=O)C1OP(=O)(O)OCC(CO)OP(=O)(O)O. The van der Waals surface area contributed by atoms with Gasteiger partial charge < -0.3 is 34.7 Å². The summed E-state index contributed by atoms with van der Waals surface area (Å²) in [4.78, 5) is 49.8. The van der Waals surface area contributed by atoms with Gasteiger partial charge in [-0.1, -0.05) is 0 Å². The van der Waals surface area contributed by atoms with Crippen LogP contribution in [0.1, 0.15) is 0 Å². The van der Waals surface area contributed by atoms with Crippen molar-refractivity contribution in [3.63, 3.8) is 0 Å². The number of phosphoric acid groups is 2. The lowest BCUT2D eigenvalue weighted by molar-refractivity contribution is -0.151. The van der Waals surface area contributed by atoms with Gasteiger partial charge in [0.05, 0.1) is 19.8 Å². The van der Waals surface area contributed by atoms with E-state index in [0.717, 1.165) is 0 Å². The highest BCUT2D eigenvalue weighted by molar-refractivity contribution is 7.47. The molecule has 0 radical (unpaired) electrons. The Kier molecular flexibility index (Phi) is 7.80. The Bertz CT molecular complexity index is 585. The quantitative estimate of drug-likeness (QED) is 0.118. The highest BCUT2D eigenvalue weighted by atomic mass is 31.2. The second kappa shape index (κ2) is 8.75. The number of hydrogen-bond acceptors (Lipinski definition) is 11. The maximum absolute atomic E-state index is 11.8. The third-order valence-corrected chi connectivity index (χ3v) is 4.21. The van der Waals surface area contributed by atoms with Gasteiger partial charge in [-0.25, -0.2) is 13.9 Å². The summed E-state index contributed by atoms with van der Waals surface area (Å²) in [7, 11) is -10.1. The van der Waals surface area contributed by atoms with Crippen molar-refractivity contribution in [3.05, 3.63) is 0 Å². The first-order valence-electron chi connectivity index (χ1n) is 6.44. The molecule has 0 bridgehead atoms. The van der Waals surface area contributed by atoms with Crippen LogP contribution in [0.25, 0.3) is 0 Å². The first-order valence-corrected chi connectivity index (χ1v) is 9.46. The number of ketones is 1. The molecule has 25 heavy (non-hydrogen) atoms. The molecule has 0 saturated carbocycles. The van der Waals surface area contributed by atoms with Crippen LogP contribution in [0.4, 0.5) is 0 Å². The summed E-state index contributed by atoms with van der Waals surface area (Å²) >= 11 is 0. The average Bonchev–Trinajstić information content (AvgIpc) is 2.77. The van der Waals surface area contributed by atoms with Crippen LogP contribution in [0.5, 0.6) is 0 Å². The Balaban J connectivity index is 2.68. The molecule has 146 valence electrons. The molecule has 6 N–H and O–H groups in total. The number of aliphatic hydroxyl groups excluding tert-OH is 3. The van der Waals surface area contributed by atoms with Crippen LogP contribution in [0, 0.1) is 0 Å². The molecule has 1 heterocycles. The molecular formula is C9H16O14P2. The summed E-state index contributed by atoms with van der Waals surface area (Å²) in [5.41, 5.74) is 0. The van der Waals surface area contributed by atoms with Crippen LogP contribution < -0.4 is 0 Å². The molecule has 1 rings (SSSR count). The largest absolute Gasteiger partial charge is 0.473 e. The van der Waals surface area contributed by atoms with Crippen molar-refractivity contribution < 1.29 is 67.0 Å². The van der Waals surface area contributed by atoms with Crippen molar-refractivity contribution in [2.75, 3.05) is 19.8 Å². The minimum atomic E-state index is -5.12. The average molecular weight is 410 g/mol. The monoisotopic (exact) mass is 410 g/mol. The fourth-order valence-corrected chi connectivity index (χ4v) is 3.01. The van der Waals surface area contributed by atoms with Gasteiger partial charge in [-0.15, -0.1) is 0 Å². The normalized spacial score (nSPS) is 26.2. The second-order valence-electron chi connectivity index (χ2n) is 4.66. The van der Waals surface area contributed by atoms with Gasteiger partial charge in [0.15, 0.2) is 6.10 Å². The smallest absolute Gasteiger partial charge is 0.449 e. The van der Waals surface area contributed by atoms with Gasteiger partial charge in [0.25, 0.3) is 0 Å². The van der Waals surface area contributed by atoms with Gasteiger partial charge >= 0.3 is 21.6 Å². The Morgan fingerprint density at radius 2 is 1.72 bits per heavy atom. The number of esters is 1. The van der Waals surface area contributed by atoms with Gasteiger partial charge in [-0.2, -0.15) is 0 Å². The van der Waals surface area contributed by atoms with E-state index >= 15 is 0 Å². The van der Waals surface area contributed by atoms with E-state index in [1.165, 1.54) is 0 Å². The number of hydrogen-bond donors (Lipinski definition) is 6. The van der Waals surface area contributed by atoms with Gasteiger partial charge in [0, 0.05) is 0 Å². The number of Topliss-reactive ketones (excluding diaryl/α,β-unsaturated/α-hetero) is 1. The van der Waals surface area contributed by atoms with E-state index in [9.17, 15) is 28.7 Å². The minimum absolute atomic E-state index is 0.929. The van der Waals surface area contributed by atoms with Crippen LogP contribution in [-0.2, 0) is 37.0 Å². The van der Waals surface area contributed by atoms with Gasteiger partial charge in [-0.3, -0.25) is 18.4 Å². The predicted octanol–water partition coefficient (Wildman–Crippen LogP) is -3.19. The lowest BCUT2D eigenvalue weighted by atomic mass is 10.1. The highest BCUT2D eigenvalue weighted by Gasteiger charge is 2.50. The van der Waals surface area contributed by atoms with Crippen molar-refractivity contribution in [1.82, 2.24) is 0 Å². The zero-order valence-corrected chi connectivity index (χ0v) is 14.1. The molecule has 0 aromatic rings. The molecule has 1 saturated heterocycles. The summed E-state index contributed by atoms with van der Waals surface area (Å²) < 4.78 is 39.4. The molecule has 0 aromatic carbocycles. The Morgan fingerprint density at radius 3 is 2.20 bits per heavy atom. The van der Waals surface area contributed by atoms with E-state index in [1.54, 1.807) is 0 Å². The van der Waals surface area contributed by atoms with Crippen molar-refractivity contribution in [3.8, 4) is 0 Å². The van der Waals surface area contributed by atoms with Crippen LogP contribution in [0.3, 0.4) is 0 Å². The van der Waals surface area contributed by atoms with E-state index in [2.05, 4.69) is 18.3 Å². The Labute approximate surface area is 139 Å². The summed E-state index contributed by atoms with van der Waals surface area (Å²) in [5.74, 6) is -2.65. The number of ether oxygens (including phenoxy) is 1. The van der Waals surface area contributed by atoms with Crippen molar-refractivity contribution in [2.24, 2.45) is 0 Å². The van der Waals surface area contributed by atoms with Crippen molar-refractivity contribution in [1.29, 1.82) is 0 Å². The third-order valence-electron chi connectivity index (χ3n) is 2.68. The first-order chi connectivity index (χ1) is 11.4. The molecule has 1 fully saturated rings. The molecule has 0 aliphatic carbocycles. The summed E-state index contributed by atoms with van der Waals surface area (Å²) in [6.45, 7) is -2.96. The number of aliphatic hydroxyl groups is 3. The number of carbonyl (C=O) groups is 2. The van der Waals surface area contributed by atoms with E-state index in [0.29, 0.717) is 0 Å². The molecule has 16 heteroatoms. The number of carbonyl (C=O) groups excluding carboxylic acids is 2. The molecule has 0 spiro atoms. The third kappa shape index (κ3) is 6.81. The van der Waals surface area contributed by atoms with E-state index < -0.39 is 71.6 Å². The predicted molar refractivity (Wildman–Crippen MR) is 72.6 cm³/mol. The maximum Gasteiger partial charge on any atom is 0.473 e. The van der Waals surface area contributed by atoms with Crippen LogP contribution >= 0.6 is 15.6 Å². The lowest BCUT2D eigenvalue weighted by Crippen LogP contribution is -2.37. The molecule has 0 amide bonds. The number of cyclic esters (lactones) is 1. The molecule has 3 unspecified atom stereocenters. The minimum Gasteiger partial charge on any atom is -0.449 e. The van der Waals surface area contributed by atoms with Crippen LogP contribution in [0.2, 0.25) is 0 Å². The van der Waals surface area contributed by atoms with Crippen LogP contribution in [0.15, 0.2) is 0 Å². The van der Waals surface area contributed by atoms with Gasteiger partial charge in [0.2, 0.25) is 11.9 Å². The van der Waals surface area contributed by atoms with Crippen molar-refractivity contribution >= 4 is 27.4 Å². The second-order valence-corrected chi connectivity index (χ2v) is 7.26. The molecule has 5 atom stereocenters. The zero-order valence-electron chi connectivity index (χ0n) is 12.3. The fourth-order valence-electron chi connectivity index (χ4n) is 1.62.